The molecule has 3 aromatic rings. The van der Waals surface area contributed by atoms with Crippen molar-refractivity contribution >= 4 is 17.6 Å². The van der Waals surface area contributed by atoms with Gasteiger partial charge < -0.3 is 15.2 Å². The molecule has 2 N–H and O–H groups in total. The first kappa shape index (κ1) is 20.1. The van der Waals surface area contributed by atoms with Gasteiger partial charge >= 0.3 is 5.97 Å². The van der Waals surface area contributed by atoms with Crippen molar-refractivity contribution in [1.29, 1.82) is 0 Å². The predicted molar refractivity (Wildman–Crippen MR) is 113 cm³/mol. The van der Waals surface area contributed by atoms with Crippen LogP contribution in [-0.4, -0.2) is 23.6 Å². The fourth-order valence-electron chi connectivity index (χ4n) is 3.08. The maximum Gasteiger partial charge on any atom is 0.341 e. The maximum absolute atomic E-state index is 12.9. The molecule has 5 nitrogen and oxygen atoms in total. The summed E-state index contributed by atoms with van der Waals surface area (Å²) in [4.78, 5) is 23.5. The smallest absolute Gasteiger partial charge is 0.341 e. The summed E-state index contributed by atoms with van der Waals surface area (Å²) in [6, 6.07) is 22.9. The van der Waals surface area contributed by atoms with Crippen LogP contribution in [0.2, 0.25) is 0 Å². The molecule has 0 spiro atoms. The summed E-state index contributed by atoms with van der Waals surface area (Å²) in [5.74, 6) is -0.755. The van der Waals surface area contributed by atoms with Crippen molar-refractivity contribution in [1.82, 2.24) is 0 Å². The van der Waals surface area contributed by atoms with Gasteiger partial charge in [0, 0.05) is 11.3 Å². The van der Waals surface area contributed by atoms with E-state index in [1.165, 1.54) is 5.56 Å². The summed E-state index contributed by atoms with van der Waals surface area (Å²) in [6.07, 6.45) is 1.63. The van der Waals surface area contributed by atoms with Gasteiger partial charge in [-0.2, -0.15) is 0 Å². The topological polar surface area (TPSA) is 75.6 Å². The number of nitrogens with one attached hydrogen (secondary N) is 1. The molecule has 0 fully saturated rings. The second-order valence-electron chi connectivity index (χ2n) is 6.76. The Morgan fingerprint density at radius 3 is 2.38 bits per heavy atom. The number of carbonyl (C=O) groups excluding carboxylic acids is 1. The molecule has 1 amide bonds. The molecule has 0 unspecified atom stereocenters. The summed E-state index contributed by atoms with van der Waals surface area (Å²) in [6.45, 7) is 1.44. The number of anilines is 1. The number of carbonyl (C=O) groups is 2. The van der Waals surface area contributed by atoms with E-state index in [0.717, 1.165) is 24.0 Å². The Morgan fingerprint density at radius 2 is 1.66 bits per heavy atom. The van der Waals surface area contributed by atoms with Crippen molar-refractivity contribution in [2.75, 3.05) is 11.9 Å². The van der Waals surface area contributed by atoms with Crippen LogP contribution >= 0.6 is 0 Å². The molecule has 0 aliphatic rings. The van der Waals surface area contributed by atoms with Crippen LogP contribution < -0.4 is 10.1 Å². The molecule has 0 aliphatic carbocycles. The molecule has 29 heavy (non-hydrogen) atoms. The van der Waals surface area contributed by atoms with E-state index in [0.29, 0.717) is 17.0 Å². The summed E-state index contributed by atoms with van der Waals surface area (Å²) in [5, 5.41) is 11.7. The molecule has 0 radical (unpaired) electrons. The highest BCUT2D eigenvalue weighted by atomic mass is 16.5. The highest BCUT2D eigenvalue weighted by Gasteiger charge is 2.13. The number of hydrogen-bond donors (Lipinski definition) is 2. The molecule has 3 rings (SSSR count). The van der Waals surface area contributed by atoms with Crippen molar-refractivity contribution in [2.45, 2.75) is 19.8 Å². The first-order chi connectivity index (χ1) is 14.0. The number of benzene rings is 3. The van der Waals surface area contributed by atoms with Gasteiger partial charge in [-0.1, -0.05) is 48.5 Å². The van der Waals surface area contributed by atoms with E-state index in [1.807, 2.05) is 49.4 Å². The average Bonchev–Trinajstić information content (AvgIpc) is 2.73. The Kier molecular flexibility index (Phi) is 6.63. The van der Waals surface area contributed by atoms with Gasteiger partial charge in [0.2, 0.25) is 0 Å². The summed E-state index contributed by atoms with van der Waals surface area (Å²) < 4.78 is 5.17. The molecule has 0 aliphatic heterocycles. The zero-order valence-electron chi connectivity index (χ0n) is 16.2. The van der Waals surface area contributed by atoms with E-state index < -0.39 is 12.6 Å². The van der Waals surface area contributed by atoms with E-state index >= 15 is 0 Å². The maximum atomic E-state index is 12.9. The van der Waals surface area contributed by atoms with Gasteiger partial charge in [0.25, 0.3) is 5.91 Å². The fraction of sp³-hybridized carbons (Fsp3) is 0.167. The number of rotatable bonds is 8. The van der Waals surface area contributed by atoms with E-state index in [2.05, 4.69) is 17.4 Å². The SMILES string of the molecule is Cc1cc(OCC(=O)O)ccc1NC(=O)c1ccccc1CCc1ccccc1. The van der Waals surface area contributed by atoms with Gasteiger partial charge in [0.15, 0.2) is 6.61 Å². The summed E-state index contributed by atoms with van der Waals surface area (Å²) >= 11 is 0. The average molecular weight is 389 g/mol. The number of ether oxygens (including phenoxy) is 1. The lowest BCUT2D eigenvalue weighted by Gasteiger charge is -2.13. The Bertz CT molecular complexity index is 999. The Hall–Kier alpha value is -3.60. The Morgan fingerprint density at radius 1 is 0.931 bits per heavy atom. The molecule has 0 heterocycles. The molecule has 0 saturated heterocycles. The third-order valence-electron chi connectivity index (χ3n) is 4.60. The standard InChI is InChI=1S/C24H23NO4/c1-17-15-20(29-16-23(26)27)13-14-22(17)25-24(28)21-10-6-5-9-19(21)12-11-18-7-3-2-4-8-18/h2-10,13-15H,11-12,16H2,1H3,(H,25,28)(H,26,27). The van der Waals surface area contributed by atoms with E-state index in [4.69, 9.17) is 9.84 Å². The second kappa shape index (κ2) is 9.55. The molecule has 148 valence electrons. The second-order valence-corrected chi connectivity index (χ2v) is 6.76. The number of aryl methyl sites for hydroxylation is 3. The minimum absolute atomic E-state index is 0.170. The number of amides is 1. The van der Waals surface area contributed by atoms with Crippen LogP contribution in [0.3, 0.4) is 0 Å². The molecule has 3 aromatic carbocycles. The van der Waals surface area contributed by atoms with Crippen molar-refractivity contribution in [3.05, 3.63) is 95.1 Å². The lowest BCUT2D eigenvalue weighted by atomic mass is 9.99. The van der Waals surface area contributed by atoms with Gasteiger partial charge in [-0.25, -0.2) is 4.79 Å². The van der Waals surface area contributed by atoms with E-state index in [9.17, 15) is 9.59 Å². The number of carboxylic acid groups (broad SMARTS) is 1. The van der Waals surface area contributed by atoms with Crippen LogP contribution in [0.15, 0.2) is 72.8 Å². The quantitative estimate of drug-likeness (QED) is 0.595. The van der Waals surface area contributed by atoms with Crippen LogP contribution in [-0.2, 0) is 17.6 Å². The number of hydrogen-bond acceptors (Lipinski definition) is 3. The lowest BCUT2D eigenvalue weighted by molar-refractivity contribution is -0.139. The summed E-state index contributed by atoms with van der Waals surface area (Å²) in [5.41, 5.74) is 4.33. The first-order valence-electron chi connectivity index (χ1n) is 9.41. The Balaban J connectivity index is 1.70. The molecule has 5 heteroatoms. The normalized spacial score (nSPS) is 10.4. The molecule has 0 saturated carbocycles. The molecule has 0 atom stereocenters. The van der Waals surface area contributed by atoms with Gasteiger partial charge in [-0.05, 0) is 60.7 Å². The van der Waals surface area contributed by atoms with Gasteiger partial charge in [-0.15, -0.1) is 0 Å². The van der Waals surface area contributed by atoms with Gasteiger partial charge in [0.1, 0.15) is 5.75 Å². The highest BCUT2D eigenvalue weighted by molar-refractivity contribution is 6.05. The highest BCUT2D eigenvalue weighted by Crippen LogP contribution is 2.23. The molecular formula is C24H23NO4. The minimum Gasteiger partial charge on any atom is -0.482 e. The number of aliphatic carboxylic acids is 1. The largest absolute Gasteiger partial charge is 0.482 e. The molecular weight excluding hydrogens is 366 g/mol. The van der Waals surface area contributed by atoms with Crippen LogP contribution in [0.5, 0.6) is 5.75 Å². The summed E-state index contributed by atoms with van der Waals surface area (Å²) in [7, 11) is 0. The van der Waals surface area contributed by atoms with E-state index in [1.54, 1.807) is 18.2 Å². The fourth-order valence-corrected chi connectivity index (χ4v) is 3.08. The monoisotopic (exact) mass is 389 g/mol. The van der Waals surface area contributed by atoms with Crippen LogP contribution in [0, 0.1) is 6.92 Å². The molecule has 0 aromatic heterocycles. The van der Waals surface area contributed by atoms with Crippen molar-refractivity contribution < 1.29 is 19.4 Å². The lowest BCUT2D eigenvalue weighted by Crippen LogP contribution is -2.15. The third kappa shape index (κ3) is 5.69. The van der Waals surface area contributed by atoms with Crippen molar-refractivity contribution in [3.8, 4) is 5.75 Å². The van der Waals surface area contributed by atoms with Gasteiger partial charge in [0.05, 0.1) is 0 Å². The zero-order chi connectivity index (χ0) is 20.6. The van der Waals surface area contributed by atoms with Crippen molar-refractivity contribution in [3.63, 3.8) is 0 Å². The van der Waals surface area contributed by atoms with Crippen LogP contribution in [0.1, 0.15) is 27.0 Å². The van der Waals surface area contributed by atoms with Gasteiger partial charge in [-0.3, -0.25) is 4.79 Å². The van der Waals surface area contributed by atoms with E-state index in [-0.39, 0.29) is 5.91 Å². The van der Waals surface area contributed by atoms with Crippen LogP contribution in [0.4, 0.5) is 5.69 Å². The van der Waals surface area contributed by atoms with Crippen LogP contribution in [0.25, 0.3) is 0 Å². The third-order valence-corrected chi connectivity index (χ3v) is 4.60. The minimum atomic E-state index is -1.04. The zero-order valence-corrected chi connectivity index (χ0v) is 16.2. The first-order valence-corrected chi connectivity index (χ1v) is 9.41. The van der Waals surface area contributed by atoms with Crippen molar-refractivity contribution in [2.24, 2.45) is 0 Å². The molecule has 0 bridgehead atoms. The Labute approximate surface area is 170 Å². The predicted octanol–water partition coefficient (Wildman–Crippen LogP) is 4.50. The number of carboxylic acids is 1.